The minimum atomic E-state index is 0.593. The van der Waals surface area contributed by atoms with Gasteiger partial charge in [-0.15, -0.1) is 22.7 Å². The molecular weight excluding hydrogens is 963 g/mol. The van der Waals surface area contributed by atoms with Crippen molar-refractivity contribution in [2.45, 2.75) is 0 Å². The van der Waals surface area contributed by atoms with E-state index in [1.54, 1.807) is 22.7 Å². The minimum Gasteiger partial charge on any atom is -0.309 e. The summed E-state index contributed by atoms with van der Waals surface area (Å²) in [5.41, 5.74) is 13.5. The Hall–Kier alpha value is -9.53. The summed E-state index contributed by atoms with van der Waals surface area (Å²) in [5, 5.41) is 7.34. The Bertz CT molecular complexity index is 4510. The van der Waals surface area contributed by atoms with Crippen molar-refractivity contribution in [1.29, 1.82) is 0 Å². The summed E-state index contributed by atoms with van der Waals surface area (Å²) in [6, 6.07) is 93.7. The van der Waals surface area contributed by atoms with Gasteiger partial charge >= 0.3 is 0 Å². The van der Waals surface area contributed by atoms with Crippen molar-refractivity contribution in [3.8, 4) is 62.1 Å². The Kier molecular flexibility index (Phi) is 10.5. The standard InChI is InChI=1S/C69H43N5S2/c1-5-19-44(20-6-1)57-39-48(69-71-67(46-33-36-55-53-28-14-17-31-62(53)75-64(55)41-46)70-68(72-69)47-34-37-56-54-29-15-18-32-63(54)76-65(56)42-47)40-58(45-21-7-2-8-22-45)66(57)73(49-23-9-3-10-24-49)51-35-38-61-59(43-51)52-27-13-16-30-60(52)74(61)50-25-11-4-12-26-50/h1-43H. The van der Waals surface area contributed by atoms with Gasteiger partial charge in [-0.05, 0) is 96.1 Å². The quantitative estimate of drug-likeness (QED) is 0.145. The molecule has 0 aliphatic heterocycles. The maximum absolute atomic E-state index is 5.48. The second-order valence-electron chi connectivity index (χ2n) is 19.1. The van der Waals surface area contributed by atoms with Crippen LogP contribution in [0.2, 0.25) is 0 Å². The van der Waals surface area contributed by atoms with E-state index < -0.39 is 0 Å². The second kappa shape index (κ2) is 18.1. The molecule has 4 aromatic heterocycles. The SMILES string of the molecule is c1ccc(-c2cc(-c3nc(-c4ccc5c(c4)sc4ccccc45)nc(-c4ccc5c(c4)sc4ccccc45)n3)cc(-c3ccccc3)c2N(c2ccccc2)c2ccc3c(c2)c2ccccc2n3-c2ccccc2)cc1. The molecule has 4 heterocycles. The molecule has 0 saturated carbocycles. The molecule has 15 aromatic rings. The first-order chi connectivity index (χ1) is 37.7. The van der Waals surface area contributed by atoms with Crippen LogP contribution in [0.15, 0.2) is 261 Å². The van der Waals surface area contributed by atoms with Crippen LogP contribution >= 0.6 is 22.7 Å². The van der Waals surface area contributed by atoms with Gasteiger partial charge in [-0.25, -0.2) is 15.0 Å². The van der Waals surface area contributed by atoms with E-state index in [1.807, 2.05) is 0 Å². The Morgan fingerprint density at radius 1 is 0.289 bits per heavy atom. The lowest BCUT2D eigenvalue weighted by Crippen LogP contribution is -2.13. The van der Waals surface area contributed by atoms with Gasteiger partial charge in [-0.3, -0.25) is 0 Å². The highest BCUT2D eigenvalue weighted by atomic mass is 32.1. The number of rotatable bonds is 9. The topological polar surface area (TPSA) is 46.8 Å². The van der Waals surface area contributed by atoms with E-state index in [2.05, 4.69) is 270 Å². The molecular formula is C69H43N5S2. The number of hydrogen-bond acceptors (Lipinski definition) is 6. The van der Waals surface area contributed by atoms with Crippen LogP contribution in [0.5, 0.6) is 0 Å². The van der Waals surface area contributed by atoms with Crippen LogP contribution in [0.1, 0.15) is 0 Å². The van der Waals surface area contributed by atoms with E-state index in [4.69, 9.17) is 15.0 Å². The van der Waals surface area contributed by atoms with Crippen LogP contribution in [0, 0.1) is 0 Å². The van der Waals surface area contributed by atoms with Crippen molar-refractivity contribution >= 4 is 102 Å². The molecule has 0 unspecified atom stereocenters. The van der Waals surface area contributed by atoms with Crippen LogP contribution < -0.4 is 4.90 Å². The minimum absolute atomic E-state index is 0.593. The van der Waals surface area contributed by atoms with Gasteiger partial charge in [0.2, 0.25) is 0 Å². The smallest absolute Gasteiger partial charge is 0.164 e. The lowest BCUT2D eigenvalue weighted by Gasteiger charge is -2.31. The average molecular weight is 1010 g/mol. The number of thiophene rings is 2. The van der Waals surface area contributed by atoms with Crippen molar-refractivity contribution in [2.24, 2.45) is 0 Å². The Morgan fingerprint density at radius 3 is 1.30 bits per heavy atom. The van der Waals surface area contributed by atoms with Crippen molar-refractivity contribution in [2.75, 3.05) is 4.90 Å². The third-order valence-electron chi connectivity index (χ3n) is 14.6. The van der Waals surface area contributed by atoms with Crippen LogP contribution in [0.4, 0.5) is 17.1 Å². The summed E-state index contributed by atoms with van der Waals surface area (Å²) < 4.78 is 7.28. The number of nitrogens with zero attached hydrogens (tertiary/aromatic N) is 5. The highest BCUT2D eigenvalue weighted by Crippen LogP contribution is 2.50. The average Bonchev–Trinajstić information content (AvgIpc) is 4.23. The van der Waals surface area contributed by atoms with Gasteiger partial charge in [0.05, 0.1) is 16.7 Å². The van der Waals surface area contributed by atoms with Crippen molar-refractivity contribution in [3.63, 3.8) is 0 Å². The van der Waals surface area contributed by atoms with Gasteiger partial charge in [0.1, 0.15) is 0 Å². The number of fused-ring (bicyclic) bond motifs is 9. The van der Waals surface area contributed by atoms with Gasteiger partial charge in [0.25, 0.3) is 0 Å². The van der Waals surface area contributed by atoms with Gasteiger partial charge in [-0.2, -0.15) is 0 Å². The monoisotopic (exact) mass is 1010 g/mol. The molecule has 0 atom stereocenters. The molecule has 0 amide bonds. The molecule has 0 bridgehead atoms. The maximum atomic E-state index is 5.48. The first-order valence-electron chi connectivity index (χ1n) is 25.5. The lowest BCUT2D eigenvalue weighted by molar-refractivity contribution is 1.08. The number of aromatic nitrogens is 4. The Balaban J connectivity index is 0.991. The lowest BCUT2D eigenvalue weighted by atomic mass is 9.91. The zero-order chi connectivity index (χ0) is 50.1. The zero-order valence-corrected chi connectivity index (χ0v) is 42.5. The molecule has 0 N–H and O–H groups in total. The molecule has 0 spiro atoms. The largest absolute Gasteiger partial charge is 0.309 e. The molecule has 0 radical (unpaired) electrons. The predicted molar refractivity (Wildman–Crippen MR) is 322 cm³/mol. The van der Waals surface area contributed by atoms with Crippen LogP contribution in [0.25, 0.3) is 124 Å². The molecule has 7 heteroatoms. The predicted octanol–water partition coefficient (Wildman–Crippen LogP) is 19.5. The number of anilines is 3. The fraction of sp³-hybridized carbons (Fsp3) is 0. The molecule has 0 aliphatic carbocycles. The second-order valence-corrected chi connectivity index (χ2v) is 21.3. The molecule has 11 aromatic carbocycles. The maximum Gasteiger partial charge on any atom is 0.164 e. The third kappa shape index (κ3) is 7.47. The van der Waals surface area contributed by atoms with Crippen molar-refractivity contribution < 1.29 is 0 Å². The molecule has 0 aliphatic rings. The number of hydrogen-bond donors (Lipinski definition) is 0. The third-order valence-corrected chi connectivity index (χ3v) is 16.9. The van der Waals surface area contributed by atoms with Gasteiger partial charge < -0.3 is 9.47 Å². The van der Waals surface area contributed by atoms with Crippen LogP contribution in [-0.2, 0) is 0 Å². The number of benzene rings is 11. The Labute approximate surface area is 446 Å². The van der Waals surface area contributed by atoms with Crippen LogP contribution in [-0.4, -0.2) is 19.5 Å². The number of para-hydroxylation sites is 3. The first-order valence-corrected chi connectivity index (χ1v) is 27.1. The molecule has 356 valence electrons. The molecule has 0 fully saturated rings. The van der Waals surface area contributed by atoms with Gasteiger partial charge in [-0.1, -0.05) is 176 Å². The summed E-state index contributed by atoms with van der Waals surface area (Å²) >= 11 is 3.60. The van der Waals surface area contributed by atoms with E-state index in [0.717, 1.165) is 72.7 Å². The zero-order valence-electron chi connectivity index (χ0n) is 40.9. The van der Waals surface area contributed by atoms with Crippen molar-refractivity contribution in [3.05, 3.63) is 261 Å². The summed E-state index contributed by atoms with van der Waals surface area (Å²) in [4.78, 5) is 18.7. The summed E-state index contributed by atoms with van der Waals surface area (Å²) in [6.45, 7) is 0. The summed E-state index contributed by atoms with van der Waals surface area (Å²) in [7, 11) is 0. The molecule has 0 saturated heterocycles. The fourth-order valence-electron chi connectivity index (χ4n) is 11.1. The van der Waals surface area contributed by atoms with Gasteiger partial charge in [0.15, 0.2) is 17.5 Å². The Morgan fingerprint density at radius 2 is 0.737 bits per heavy atom. The molecule has 5 nitrogen and oxygen atoms in total. The van der Waals surface area contributed by atoms with E-state index in [-0.39, 0.29) is 0 Å². The van der Waals surface area contributed by atoms with Gasteiger partial charge in [0, 0.05) is 96.0 Å². The van der Waals surface area contributed by atoms with E-state index in [0.29, 0.717) is 17.5 Å². The summed E-state index contributed by atoms with van der Waals surface area (Å²) in [5.74, 6) is 1.84. The van der Waals surface area contributed by atoms with E-state index in [9.17, 15) is 0 Å². The normalized spacial score (nSPS) is 11.7. The first kappa shape index (κ1) is 44.0. The highest BCUT2D eigenvalue weighted by molar-refractivity contribution is 7.26. The molecule has 15 rings (SSSR count). The molecule has 76 heavy (non-hydrogen) atoms. The van der Waals surface area contributed by atoms with Crippen molar-refractivity contribution in [1.82, 2.24) is 19.5 Å². The van der Waals surface area contributed by atoms with E-state index >= 15 is 0 Å². The summed E-state index contributed by atoms with van der Waals surface area (Å²) in [6.07, 6.45) is 0. The fourth-order valence-corrected chi connectivity index (χ4v) is 13.4. The van der Waals surface area contributed by atoms with Crippen LogP contribution in [0.3, 0.4) is 0 Å². The highest BCUT2D eigenvalue weighted by Gasteiger charge is 2.26. The van der Waals surface area contributed by atoms with E-state index in [1.165, 1.54) is 51.1 Å².